The average Bonchev–Trinajstić information content (AvgIpc) is 2.39. The van der Waals surface area contributed by atoms with E-state index in [-0.39, 0.29) is 11.9 Å². The molecule has 5 heteroatoms. The molecule has 0 saturated carbocycles. The predicted octanol–water partition coefficient (Wildman–Crippen LogP) is 1.93. The quantitative estimate of drug-likeness (QED) is 0.607. The summed E-state index contributed by atoms with van der Waals surface area (Å²) in [7, 11) is 0. The SMILES string of the molecule is CCCCOC(=O)c1ccc(NC(=O)[C@@H](C)N)cc1. The van der Waals surface area contributed by atoms with Crippen molar-refractivity contribution < 1.29 is 14.3 Å². The highest BCUT2D eigenvalue weighted by Crippen LogP contribution is 2.11. The molecule has 1 atom stereocenters. The lowest BCUT2D eigenvalue weighted by atomic mass is 10.2. The van der Waals surface area contributed by atoms with Crippen LogP contribution in [0.2, 0.25) is 0 Å². The van der Waals surface area contributed by atoms with Crippen molar-refractivity contribution >= 4 is 17.6 Å². The number of hydrogen-bond acceptors (Lipinski definition) is 4. The molecule has 104 valence electrons. The molecule has 3 N–H and O–H groups in total. The first-order valence-electron chi connectivity index (χ1n) is 6.38. The highest BCUT2D eigenvalue weighted by atomic mass is 16.5. The number of esters is 1. The van der Waals surface area contributed by atoms with Gasteiger partial charge in [0.1, 0.15) is 0 Å². The van der Waals surface area contributed by atoms with Crippen molar-refractivity contribution in [2.45, 2.75) is 32.7 Å². The van der Waals surface area contributed by atoms with Gasteiger partial charge < -0.3 is 15.8 Å². The molecule has 0 aliphatic heterocycles. The van der Waals surface area contributed by atoms with E-state index >= 15 is 0 Å². The Morgan fingerprint density at radius 3 is 2.47 bits per heavy atom. The number of carbonyl (C=O) groups is 2. The van der Waals surface area contributed by atoms with E-state index in [1.165, 1.54) is 0 Å². The zero-order valence-electron chi connectivity index (χ0n) is 11.3. The minimum Gasteiger partial charge on any atom is -0.462 e. The van der Waals surface area contributed by atoms with E-state index in [0.29, 0.717) is 17.9 Å². The van der Waals surface area contributed by atoms with Crippen LogP contribution in [0.25, 0.3) is 0 Å². The van der Waals surface area contributed by atoms with Crippen molar-refractivity contribution in [2.24, 2.45) is 5.73 Å². The van der Waals surface area contributed by atoms with Gasteiger partial charge in [-0.3, -0.25) is 4.79 Å². The van der Waals surface area contributed by atoms with Gasteiger partial charge in [-0.05, 0) is 37.6 Å². The minimum atomic E-state index is -0.571. The molecule has 0 bridgehead atoms. The van der Waals surface area contributed by atoms with Crippen LogP contribution in [0.3, 0.4) is 0 Å². The molecule has 1 rings (SSSR count). The van der Waals surface area contributed by atoms with Gasteiger partial charge in [-0.25, -0.2) is 4.79 Å². The van der Waals surface area contributed by atoms with Crippen molar-refractivity contribution in [2.75, 3.05) is 11.9 Å². The van der Waals surface area contributed by atoms with Crippen LogP contribution in [0.15, 0.2) is 24.3 Å². The summed E-state index contributed by atoms with van der Waals surface area (Å²) >= 11 is 0. The van der Waals surface area contributed by atoms with Crippen molar-refractivity contribution in [3.63, 3.8) is 0 Å². The summed E-state index contributed by atoms with van der Waals surface area (Å²) in [4.78, 5) is 23.0. The molecular formula is C14H20N2O3. The van der Waals surface area contributed by atoms with E-state index in [1.807, 2.05) is 6.92 Å². The third-order valence-electron chi connectivity index (χ3n) is 2.53. The Morgan fingerprint density at radius 1 is 1.32 bits per heavy atom. The van der Waals surface area contributed by atoms with Gasteiger partial charge in [-0.1, -0.05) is 13.3 Å². The van der Waals surface area contributed by atoms with Gasteiger partial charge in [-0.2, -0.15) is 0 Å². The lowest BCUT2D eigenvalue weighted by molar-refractivity contribution is -0.117. The van der Waals surface area contributed by atoms with Crippen LogP contribution in [0, 0.1) is 0 Å². The molecule has 0 aliphatic carbocycles. The predicted molar refractivity (Wildman–Crippen MR) is 73.9 cm³/mol. The molecule has 0 aliphatic rings. The van der Waals surface area contributed by atoms with Crippen molar-refractivity contribution in [1.82, 2.24) is 0 Å². The maximum absolute atomic E-state index is 11.6. The first-order valence-corrected chi connectivity index (χ1v) is 6.38. The smallest absolute Gasteiger partial charge is 0.338 e. The van der Waals surface area contributed by atoms with E-state index < -0.39 is 6.04 Å². The van der Waals surface area contributed by atoms with Crippen LogP contribution in [0.4, 0.5) is 5.69 Å². The second-order valence-electron chi connectivity index (χ2n) is 4.34. The number of ether oxygens (including phenoxy) is 1. The third kappa shape index (κ3) is 5.09. The lowest BCUT2D eigenvalue weighted by Gasteiger charge is -2.08. The van der Waals surface area contributed by atoms with Crippen LogP contribution in [-0.4, -0.2) is 24.5 Å². The molecule has 0 fully saturated rings. The van der Waals surface area contributed by atoms with Crippen molar-refractivity contribution in [1.29, 1.82) is 0 Å². The maximum atomic E-state index is 11.6. The Bertz CT molecular complexity index is 427. The fourth-order valence-corrected chi connectivity index (χ4v) is 1.34. The summed E-state index contributed by atoms with van der Waals surface area (Å²) in [6, 6.07) is 5.96. The number of benzene rings is 1. The van der Waals surface area contributed by atoms with Crippen molar-refractivity contribution in [3.05, 3.63) is 29.8 Å². The van der Waals surface area contributed by atoms with E-state index in [9.17, 15) is 9.59 Å². The van der Waals surface area contributed by atoms with Gasteiger partial charge in [0.15, 0.2) is 0 Å². The van der Waals surface area contributed by atoms with Crippen LogP contribution >= 0.6 is 0 Å². The molecular weight excluding hydrogens is 244 g/mol. The van der Waals surface area contributed by atoms with Crippen LogP contribution in [0.1, 0.15) is 37.0 Å². The molecule has 19 heavy (non-hydrogen) atoms. The molecule has 0 saturated heterocycles. The Morgan fingerprint density at radius 2 is 1.95 bits per heavy atom. The van der Waals surface area contributed by atoms with Gasteiger partial charge in [0.2, 0.25) is 5.91 Å². The number of unbranched alkanes of at least 4 members (excludes halogenated alkanes) is 1. The fourth-order valence-electron chi connectivity index (χ4n) is 1.34. The van der Waals surface area contributed by atoms with E-state index in [2.05, 4.69) is 5.32 Å². The largest absolute Gasteiger partial charge is 0.462 e. The summed E-state index contributed by atoms with van der Waals surface area (Å²) in [5, 5.41) is 2.64. The molecule has 1 aromatic rings. The molecule has 0 aromatic heterocycles. The van der Waals surface area contributed by atoms with Crippen LogP contribution in [-0.2, 0) is 9.53 Å². The number of amides is 1. The molecule has 0 heterocycles. The normalized spacial score (nSPS) is 11.7. The Hall–Kier alpha value is -1.88. The number of nitrogens with one attached hydrogen (secondary N) is 1. The zero-order valence-corrected chi connectivity index (χ0v) is 11.3. The highest BCUT2D eigenvalue weighted by molar-refractivity contribution is 5.95. The zero-order chi connectivity index (χ0) is 14.3. The number of anilines is 1. The standard InChI is InChI=1S/C14H20N2O3/c1-3-4-9-19-14(18)11-5-7-12(8-6-11)16-13(17)10(2)15/h5-8,10H,3-4,9,15H2,1-2H3,(H,16,17)/t10-/m1/s1. The van der Waals surface area contributed by atoms with Crippen LogP contribution < -0.4 is 11.1 Å². The molecule has 0 unspecified atom stereocenters. The summed E-state index contributed by atoms with van der Waals surface area (Å²) < 4.78 is 5.08. The summed E-state index contributed by atoms with van der Waals surface area (Å²) in [6.45, 7) is 4.07. The second-order valence-corrected chi connectivity index (χ2v) is 4.34. The van der Waals surface area contributed by atoms with Crippen LogP contribution in [0.5, 0.6) is 0 Å². The first kappa shape index (κ1) is 15.2. The number of nitrogens with two attached hydrogens (primary N) is 1. The maximum Gasteiger partial charge on any atom is 0.338 e. The van der Waals surface area contributed by atoms with Gasteiger partial charge >= 0.3 is 5.97 Å². The Labute approximate surface area is 113 Å². The Balaban J connectivity index is 2.56. The average molecular weight is 264 g/mol. The summed E-state index contributed by atoms with van der Waals surface area (Å²) in [6.07, 6.45) is 1.84. The number of hydrogen-bond donors (Lipinski definition) is 2. The fraction of sp³-hybridized carbons (Fsp3) is 0.429. The van der Waals surface area contributed by atoms with Gasteiger partial charge in [0, 0.05) is 5.69 Å². The lowest BCUT2D eigenvalue weighted by Crippen LogP contribution is -2.32. The molecule has 0 radical (unpaired) electrons. The number of rotatable bonds is 6. The molecule has 1 aromatic carbocycles. The summed E-state index contributed by atoms with van der Waals surface area (Å²) in [5.74, 6) is -0.614. The van der Waals surface area contributed by atoms with E-state index in [4.69, 9.17) is 10.5 Å². The monoisotopic (exact) mass is 264 g/mol. The molecule has 1 amide bonds. The van der Waals surface area contributed by atoms with Gasteiger partial charge in [0.25, 0.3) is 0 Å². The van der Waals surface area contributed by atoms with Gasteiger partial charge in [-0.15, -0.1) is 0 Å². The Kier molecular flexibility index (Phi) is 6.02. The van der Waals surface area contributed by atoms with Crippen molar-refractivity contribution in [3.8, 4) is 0 Å². The number of carbonyl (C=O) groups excluding carboxylic acids is 2. The molecule has 5 nitrogen and oxygen atoms in total. The van der Waals surface area contributed by atoms with E-state index in [1.54, 1.807) is 31.2 Å². The highest BCUT2D eigenvalue weighted by Gasteiger charge is 2.09. The second kappa shape index (κ2) is 7.53. The van der Waals surface area contributed by atoms with E-state index in [0.717, 1.165) is 12.8 Å². The topological polar surface area (TPSA) is 81.4 Å². The third-order valence-corrected chi connectivity index (χ3v) is 2.53. The molecule has 0 spiro atoms. The summed E-state index contributed by atoms with van der Waals surface area (Å²) in [5.41, 5.74) is 6.52. The minimum absolute atomic E-state index is 0.265. The first-order chi connectivity index (χ1) is 9.04. The van der Waals surface area contributed by atoms with Gasteiger partial charge in [0.05, 0.1) is 18.2 Å².